The molecule has 168 valence electrons. The van der Waals surface area contributed by atoms with Gasteiger partial charge in [-0.1, -0.05) is 35.4 Å². The van der Waals surface area contributed by atoms with E-state index in [9.17, 15) is 14.4 Å². The van der Waals surface area contributed by atoms with Crippen molar-refractivity contribution in [1.29, 1.82) is 5.26 Å². The minimum atomic E-state index is -0.577. The maximum Gasteiger partial charge on any atom is 0.316 e. The van der Waals surface area contributed by atoms with Crippen LogP contribution in [0.3, 0.4) is 0 Å². The molecular formula is C24H27N3O4S. The molecule has 32 heavy (non-hydrogen) atoms. The Labute approximate surface area is 192 Å². The molecule has 2 aromatic carbocycles. The summed E-state index contributed by atoms with van der Waals surface area (Å²) >= 11 is 1.12. The SMILES string of the molecule is Cc1ccc(N(CCC#N)C(=O)COC(=O)CSCC(=O)Nc2ccc(C)cc2C)cc1. The lowest BCUT2D eigenvalue weighted by Gasteiger charge is -2.21. The highest BCUT2D eigenvalue weighted by atomic mass is 32.2. The first-order valence-corrected chi connectivity index (χ1v) is 11.3. The number of amides is 2. The fourth-order valence-corrected chi connectivity index (χ4v) is 3.52. The minimum absolute atomic E-state index is 0.0453. The first-order valence-electron chi connectivity index (χ1n) is 10.1. The number of nitriles is 1. The molecule has 0 atom stereocenters. The summed E-state index contributed by atoms with van der Waals surface area (Å²) in [4.78, 5) is 38.1. The zero-order valence-electron chi connectivity index (χ0n) is 18.5. The summed E-state index contributed by atoms with van der Waals surface area (Å²) in [5.74, 6) is -1.15. The zero-order chi connectivity index (χ0) is 23.5. The van der Waals surface area contributed by atoms with Crippen molar-refractivity contribution in [3.8, 4) is 6.07 Å². The van der Waals surface area contributed by atoms with Crippen LogP contribution in [0.5, 0.6) is 0 Å². The van der Waals surface area contributed by atoms with Gasteiger partial charge in [-0.3, -0.25) is 14.4 Å². The summed E-state index contributed by atoms with van der Waals surface area (Å²) in [6.07, 6.45) is 0.166. The van der Waals surface area contributed by atoms with E-state index in [1.165, 1.54) is 4.90 Å². The van der Waals surface area contributed by atoms with Crippen LogP contribution in [0.25, 0.3) is 0 Å². The zero-order valence-corrected chi connectivity index (χ0v) is 19.3. The van der Waals surface area contributed by atoms with Crippen molar-refractivity contribution < 1.29 is 19.1 Å². The first-order chi connectivity index (χ1) is 15.3. The van der Waals surface area contributed by atoms with E-state index in [1.807, 2.05) is 57.2 Å². The van der Waals surface area contributed by atoms with E-state index < -0.39 is 18.5 Å². The number of rotatable bonds is 10. The number of nitrogens with zero attached hydrogens (tertiary/aromatic N) is 2. The fourth-order valence-electron chi connectivity index (χ4n) is 2.91. The quantitative estimate of drug-likeness (QED) is 0.550. The lowest BCUT2D eigenvalue weighted by Crippen LogP contribution is -2.35. The Morgan fingerprint density at radius 2 is 1.72 bits per heavy atom. The van der Waals surface area contributed by atoms with E-state index in [-0.39, 0.29) is 30.4 Å². The van der Waals surface area contributed by atoms with Gasteiger partial charge in [-0.15, -0.1) is 11.8 Å². The van der Waals surface area contributed by atoms with Crippen LogP contribution in [-0.2, 0) is 19.1 Å². The van der Waals surface area contributed by atoms with Gasteiger partial charge in [0.2, 0.25) is 5.91 Å². The lowest BCUT2D eigenvalue weighted by atomic mass is 10.1. The number of hydrogen-bond acceptors (Lipinski definition) is 6. The van der Waals surface area contributed by atoms with Crippen LogP contribution < -0.4 is 10.2 Å². The van der Waals surface area contributed by atoms with Gasteiger partial charge in [-0.25, -0.2) is 0 Å². The molecule has 0 unspecified atom stereocenters. The molecule has 0 radical (unpaired) electrons. The van der Waals surface area contributed by atoms with Gasteiger partial charge in [-0.05, 0) is 44.5 Å². The molecule has 0 saturated heterocycles. The van der Waals surface area contributed by atoms with Crippen molar-refractivity contribution in [2.75, 3.05) is 34.9 Å². The van der Waals surface area contributed by atoms with Crippen molar-refractivity contribution in [1.82, 2.24) is 0 Å². The van der Waals surface area contributed by atoms with Crippen molar-refractivity contribution in [3.05, 3.63) is 59.2 Å². The maximum atomic E-state index is 12.5. The molecule has 2 aromatic rings. The van der Waals surface area contributed by atoms with E-state index in [0.717, 1.165) is 34.1 Å². The largest absolute Gasteiger partial charge is 0.455 e. The number of aryl methyl sites for hydroxylation is 3. The number of benzene rings is 2. The topological polar surface area (TPSA) is 99.5 Å². The van der Waals surface area contributed by atoms with Gasteiger partial charge in [-0.2, -0.15) is 5.26 Å². The van der Waals surface area contributed by atoms with Gasteiger partial charge in [0.05, 0.1) is 24.0 Å². The number of carbonyl (C=O) groups excluding carboxylic acids is 3. The monoisotopic (exact) mass is 453 g/mol. The van der Waals surface area contributed by atoms with Crippen LogP contribution >= 0.6 is 11.8 Å². The molecule has 0 aliphatic carbocycles. The predicted octanol–water partition coefficient (Wildman–Crippen LogP) is 3.77. The molecule has 7 nitrogen and oxygen atoms in total. The van der Waals surface area contributed by atoms with E-state index >= 15 is 0 Å². The Morgan fingerprint density at radius 1 is 1.03 bits per heavy atom. The van der Waals surface area contributed by atoms with Gasteiger partial charge >= 0.3 is 5.97 Å². The molecule has 8 heteroatoms. The summed E-state index contributed by atoms with van der Waals surface area (Å²) in [5.41, 5.74) is 4.51. The lowest BCUT2D eigenvalue weighted by molar-refractivity contribution is -0.145. The van der Waals surface area contributed by atoms with Crippen molar-refractivity contribution in [2.45, 2.75) is 27.2 Å². The molecule has 1 N–H and O–H groups in total. The van der Waals surface area contributed by atoms with Crippen molar-refractivity contribution in [2.24, 2.45) is 0 Å². The molecule has 0 aliphatic heterocycles. The van der Waals surface area contributed by atoms with Crippen LogP contribution in [0.1, 0.15) is 23.1 Å². The van der Waals surface area contributed by atoms with Crippen LogP contribution in [0.15, 0.2) is 42.5 Å². The van der Waals surface area contributed by atoms with Crippen molar-refractivity contribution >= 4 is 40.9 Å². The minimum Gasteiger partial charge on any atom is -0.455 e. The molecule has 2 rings (SSSR count). The van der Waals surface area contributed by atoms with Gasteiger partial charge in [0, 0.05) is 17.9 Å². The molecule has 2 amide bonds. The average Bonchev–Trinajstić information content (AvgIpc) is 2.75. The summed E-state index contributed by atoms with van der Waals surface area (Å²) in [6, 6.07) is 15.1. The number of hydrogen-bond donors (Lipinski definition) is 1. The third kappa shape index (κ3) is 8.08. The Balaban J connectivity index is 1.78. The fraction of sp³-hybridized carbons (Fsp3) is 0.333. The van der Waals surface area contributed by atoms with E-state index in [0.29, 0.717) is 5.69 Å². The van der Waals surface area contributed by atoms with Gasteiger partial charge < -0.3 is 15.0 Å². The van der Waals surface area contributed by atoms with E-state index in [4.69, 9.17) is 10.00 Å². The summed E-state index contributed by atoms with van der Waals surface area (Å²) in [6.45, 7) is 5.62. The summed E-state index contributed by atoms with van der Waals surface area (Å²) in [5, 5.41) is 11.7. The molecule has 0 bridgehead atoms. The number of ether oxygens (including phenoxy) is 1. The average molecular weight is 454 g/mol. The third-order valence-electron chi connectivity index (χ3n) is 4.56. The van der Waals surface area contributed by atoms with Crippen molar-refractivity contribution in [3.63, 3.8) is 0 Å². The second kappa shape index (κ2) is 12.5. The second-order valence-corrected chi connectivity index (χ2v) is 8.29. The molecule has 0 aromatic heterocycles. The van der Waals surface area contributed by atoms with Crippen LogP contribution in [0.4, 0.5) is 11.4 Å². The van der Waals surface area contributed by atoms with Gasteiger partial charge in [0.25, 0.3) is 5.91 Å². The van der Waals surface area contributed by atoms with Gasteiger partial charge in [0.15, 0.2) is 6.61 Å². The Morgan fingerprint density at radius 3 is 2.38 bits per heavy atom. The molecule has 0 saturated carbocycles. The molecule has 0 heterocycles. The number of esters is 1. The Kier molecular flexibility index (Phi) is 9.76. The molecular weight excluding hydrogens is 426 g/mol. The highest BCUT2D eigenvalue weighted by molar-refractivity contribution is 8.00. The number of carbonyl (C=O) groups is 3. The van der Waals surface area contributed by atoms with Gasteiger partial charge in [0.1, 0.15) is 0 Å². The predicted molar refractivity (Wildman–Crippen MR) is 127 cm³/mol. The molecule has 0 aliphatic rings. The van der Waals surface area contributed by atoms with Crippen LogP contribution in [-0.4, -0.2) is 42.4 Å². The van der Waals surface area contributed by atoms with E-state index in [1.54, 1.807) is 12.1 Å². The number of thioether (sulfide) groups is 1. The van der Waals surface area contributed by atoms with E-state index in [2.05, 4.69) is 5.32 Å². The third-order valence-corrected chi connectivity index (χ3v) is 5.47. The molecule has 0 spiro atoms. The maximum absolute atomic E-state index is 12.5. The second-order valence-electron chi connectivity index (χ2n) is 7.31. The first kappa shape index (κ1) is 25.0. The highest BCUT2D eigenvalue weighted by Crippen LogP contribution is 2.17. The Bertz CT molecular complexity index is 999. The molecule has 0 fully saturated rings. The smallest absolute Gasteiger partial charge is 0.316 e. The number of anilines is 2. The summed E-state index contributed by atoms with van der Waals surface area (Å²) in [7, 11) is 0. The normalized spacial score (nSPS) is 10.2. The highest BCUT2D eigenvalue weighted by Gasteiger charge is 2.18. The summed E-state index contributed by atoms with van der Waals surface area (Å²) < 4.78 is 5.08. The number of nitrogens with one attached hydrogen (secondary N) is 1. The standard InChI is InChI=1S/C24H27N3O4S/c1-17-5-8-20(9-6-17)27(12-4-11-25)23(29)14-31-24(30)16-32-15-22(28)26-21-10-7-18(2)13-19(21)3/h5-10,13H,4,12,14-16H2,1-3H3,(H,26,28). The van der Waals surface area contributed by atoms with Crippen LogP contribution in [0, 0.1) is 32.1 Å². The van der Waals surface area contributed by atoms with Crippen LogP contribution in [0.2, 0.25) is 0 Å². The Hall–Kier alpha value is -3.31.